The molecule has 0 unspecified atom stereocenters. The molecule has 6 nitrogen and oxygen atoms in total. The Labute approximate surface area is 135 Å². The molecule has 1 amide bonds. The smallest absolute Gasteiger partial charge is 0.220 e. The highest BCUT2D eigenvalue weighted by Gasteiger charge is 2.03. The van der Waals surface area contributed by atoms with E-state index in [-0.39, 0.29) is 30.7 Å². The normalized spacial score (nSPS) is 9.38. The molecule has 0 fully saturated rings. The largest absolute Gasteiger partial charge is 0.352 e. The van der Waals surface area contributed by atoms with Gasteiger partial charge in [-0.3, -0.25) is 4.79 Å². The van der Waals surface area contributed by atoms with Gasteiger partial charge in [-0.1, -0.05) is 0 Å². The van der Waals surface area contributed by atoms with Crippen molar-refractivity contribution in [1.82, 2.24) is 20.1 Å². The molecule has 0 bridgehead atoms. The van der Waals surface area contributed by atoms with Crippen molar-refractivity contribution in [3.8, 4) is 5.82 Å². The first-order valence-electron chi connectivity index (χ1n) is 6.21. The topological polar surface area (TPSA) is 85.8 Å². The number of nitrogens with one attached hydrogen (secondary N) is 1. The van der Waals surface area contributed by atoms with Crippen molar-refractivity contribution in [2.45, 2.75) is 19.4 Å². The first kappa shape index (κ1) is 19.4. The Morgan fingerprint density at radius 2 is 2.14 bits per heavy atom. The third-order valence-corrected chi connectivity index (χ3v) is 2.65. The number of aromatic nitrogens is 3. The average molecular weight is 332 g/mol. The van der Waals surface area contributed by atoms with Crippen LogP contribution in [0.25, 0.3) is 5.82 Å². The zero-order valence-electron chi connectivity index (χ0n) is 11.4. The molecular weight excluding hydrogens is 313 g/mol. The fraction of sp³-hybridized carbons (Fsp3) is 0.308. The fourth-order valence-corrected chi connectivity index (χ4v) is 1.65. The lowest BCUT2D eigenvalue weighted by Crippen LogP contribution is -2.23. The van der Waals surface area contributed by atoms with Crippen LogP contribution in [0.3, 0.4) is 0 Å². The van der Waals surface area contributed by atoms with Crippen molar-refractivity contribution in [3.63, 3.8) is 0 Å². The van der Waals surface area contributed by atoms with E-state index in [2.05, 4.69) is 15.4 Å². The summed E-state index contributed by atoms with van der Waals surface area (Å²) in [6.07, 6.45) is 6.40. The van der Waals surface area contributed by atoms with E-state index >= 15 is 0 Å². The third kappa shape index (κ3) is 6.12. The predicted molar refractivity (Wildman–Crippen MR) is 86.0 cm³/mol. The van der Waals surface area contributed by atoms with Gasteiger partial charge in [-0.25, -0.2) is 9.67 Å². The highest BCUT2D eigenvalue weighted by Crippen LogP contribution is 2.06. The second kappa shape index (κ2) is 10.1. The monoisotopic (exact) mass is 331 g/mol. The summed E-state index contributed by atoms with van der Waals surface area (Å²) in [5.74, 6) is 0.751. The van der Waals surface area contributed by atoms with Crippen LogP contribution in [-0.4, -0.2) is 27.2 Å². The van der Waals surface area contributed by atoms with Gasteiger partial charge in [0.05, 0.1) is 0 Å². The maximum atomic E-state index is 11.5. The molecule has 0 spiro atoms. The van der Waals surface area contributed by atoms with E-state index in [1.807, 2.05) is 24.4 Å². The number of rotatable bonds is 6. The summed E-state index contributed by atoms with van der Waals surface area (Å²) in [6, 6.07) is 5.61. The van der Waals surface area contributed by atoms with Crippen LogP contribution in [0.15, 0.2) is 36.8 Å². The number of nitrogens with two attached hydrogens (primary N) is 1. The summed E-state index contributed by atoms with van der Waals surface area (Å²) in [5, 5.41) is 6.97. The molecule has 2 rings (SSSR count). The second-order valence-electron chi connectivity index (χ2n) is 4.14. The minimum absolute atomic E-state index is 0. The van der Waals surface area contributed by atoms with Crippen molar-refractivity contribution in [2.24, 2.45) is 5.73 Å². The van der Waals surface area contributed by atoms with E-state index in [4.69, 9.17) is 5.73 Å². The van der Waals surface area contributed by atoms with Gasteiger partial charge < -0.3 is 11.1 Å². The van der Waals surface area contributed by atoms with E-state index < -0.39 is 0 Å². The van der Waals surface area contributed by atoms with E-state index in [9.17, 15) is 4.79 Å². The van der Waals surface area contributed by atoms with Crippen LogP contribution in [0.5, 0.6) is 0 Å². The molecule has 0 aromatic carbocycles. The Morgan fingerprint density at radius 1 is 1.33 bits per heavy atom. The quantitative estimate of drug-likeness (QED) is 0.839. The van der Waals surface area contributed by atoms with Crippen LogP contribution in [0, 0.1) is 0 Å². The molecule has 2 heterocycles. The van der Waals surface area contributed by atoms with E-state index in [0.717, 1.165) is 11.4 Å². The molecule has 116 valence electrons. The summed E-state index contributed by atoms with van der Waals surface area (Å²) in [5.41, 5.74) is 6.35. The molecule has 0 aliphatic heterocycles. The minimum atomic E-state index is 0. The van der Waals surface area contributed by atoms with E-state index in [0.29, 0.717) is 25.9 Å². The van der Waals surface area contributed by atoms with Gasteiger partial charge in [0.25, 0.3) is 0 Å². The highest BCUT2D eigenvalue weighted by atomic mass is 35.5. The summed E-state index contributed by atoms with van der Waals surface area (Å²) in [6.45, 7) is 1.02. The number of hydrogen-bond donors (Lipinski definition) is 2. The maximum absolute atomic E-state index is 11.5. The Balaban J connectivity index is 0.00000200. The zero-order valence-corrected chi connectivity index (χ0v) is 13.1. The van der Waals surface area contributed by atoms with Crippen molar-refractivity contribution in [3.05, 3.63) is 42.4 Å². The Hall–Kier alpha value is -1.63. The van der Waals surface area contributed by atoms with Gasteiger partial charge in [-0.05, 0) is 36.7 Å². The van der Waals surface area contributed by atoms with Crippen molar-refractivity contribution in [1.29, 1.82) is 0 Å². The Morgan fingerprint density at radius 3 is 2.81 bits per heavy atom. The van der Waals surface area contributed by atoms with Crippen LogP contribution >= 0.6 is 24.8 Å². The Bertz CT molecular complexity index is 533. The first-order chi connectivity index (χ1) is 9.29. The lowest BCUT2D eigenvalue weighted by molar-refractivity contribution is -0.121. The molecule has 0 aliphatic rings. The maximum Gasteiger partial charge on any atom is 0.220 e. The lowest BCUT2D eigenvalue weighted by atomic mass is 10.2. The van der Waals surface area contributed by atoms with E-state index in [1.54, 1.807) is 17.1 Å². The molecule has 0 aliphatic carbocycles. The van der Waals surface area contributed by atoms with Gasteiger partial charge >= 0.3 is 0 Å². The molecule has 0 saturated carbocycles. The molecule has 0 saturated heterocycles. The van der Waals surface area contributed by atoms with Gasteiger partial charge in [-0.2, -0.15) is 5.10 Å². The molecule has 21 heavy (non-hydrogen) atoms. The van der Waals surface area contributed by atoms with Crippen molar-refractivity contribution >= 4 is 30.7 Å². The second-order valence-corrected chi connectivity index (χ2v) is 4.14. The molecule has 3 N–H and O–H groups in total. The average Bonchev–Trinajstić information content (AvgIpc) is 2.97. The number of hydrogen-bond acceptors (Lipinski definition) is 4. The number of amides is 1. The van der Waals surface area contributed by atoms with E-state index in [1.165, 1.54) is 0 Å². The number of nitrogens with zero attached hydrogens (tertiary/aromatic N) is 3. The van der Waals surface area contributed by atoms with Crippen molar-refractivity contribution in [2.75, 3.05) is 6.54 Å². The SMILES string of the molecule is Cl.Cl.NCCCC(=O)NCc1ccnc(-n2cccn2)c1. The molecular formula is C13H19Cl2N5O. The molecule has 0 radical (unpaired) electrons. The number of pyridine rings is 1. The van der Waals surface area contributed by atoms with Crippen LogP contribution in [0.4, 0.5) is 0 Å². The molecule has 2 aromatic rings. The molecule has 0 atom stereocenters. The minimum Gasteiger partial charge on any atom is -0.352 e. The van der Waals surface area contributed by atoms with Gasteiger partial charge in [-0.15, -0.1) is 24.8 Å². The molecule has 2 aromatic heterocycles. The summed E-state index contributed by atoms with van der Waals surface area (Å²) < 4.78 is 1.68. The standard InChI is InChI=1S/C13H17N5O.2ClH/c14-5-1-3-13(19)16-10-11-4-7-15-12(9-11)18-8-2-6-17-18;;/h2,4,6-9H,1,3,5,10,14H2,(H,16,19);2*1H. The van der Waals surface area contributed by atoms with Gasteiger partial charge in [0.15, 0.2) is 5.82 Å². The Kier molecular flexibility index (Phi) is 9.36. The number of halogens is 2. The zero-order chi connectivity index (χ0) is 13.5. The highest BCUT2D eigenvalue weighted by molar-refractivity contribution is 5.85. The lowest BCUT2D eigenvalue weighted by Gasteiger charge is -2.06. The summed E-state index contributed by atoms with van der Waals surface area (Å²) in [4.78, 5) is 15.7. The van der Waals surface area contributed by atoms with Gasteiger partial charge in [0, 0.05) is 31.6 Å². The number of carbonyl (C=O) groups is 1. The van der Waals surface area contributed by atoms with Gasteiger partial charge in [0.1, 0.15) is 0 Å². The third-order valence-electron chi connectivity index (χ3n) is 2.65. The number of carbonyl (C=O) groups excluding carboxylic acids is 1. The van der Waals surface area contributed by atoms with Crippen LogP contribution in [-0.2, 0) is 11.3 Å². The van der Waals surface area contributed by atoms with Crippen molar-refractivity contribution < 1.29 is 4.79 Å². The molecule has 8 heteroatoms. The predicted octanol–water partition coefficient (Wildman–Crippen LogP) is 1.47. The van der Waals surface area contributed by atoms with Crippen LogP contribution < -0.4 is 11.1 Å². The summed E-state index contributed by atoms with van der Waals surface area (Å²) >= 11 is 0. The fourth-order valence-electron chi connectivity index (χ4n) is 1.65. The van der Waals surface area contributed by atoms with Crippen LogP contribution in [0.2, 0.25) is 0 Å². The van der Waals surface area contributed by atoms with Gasteiger partial charge in [0.2, 0.25) is 5.91 Å². The first-order valence-corrected chi connectivity index (χ1v) is 6.21. The summed E-state index contributed by atoms with van der Waals surface area (Å²) in [7, 11) is 0. The van der Waals surface area contributed by atoms with Crippen LogP contribution in [0.1, 0.15) is 18.4 Å².